The predicted molar refractivity (Wildman–Crippen MR) is 128 cm³/mol. The zero-order chi connectivity index (χ0) is 23.2. The van der Waals surface area contributed by atoms with Crippen LogP contribution in [0, 0.1) is 0 Å². The molecule has 0 aliphatic heterocycles. The Bertz CT molecular complexity index is 430. The molecule has 6 heteroatoms. The molecule has 2 unspecified atom stereocenters. The van der Waals surface area contributed by atoms with Gasteiger partial charge in [-0.1, -0.05) is 96.8 Å². The Morgan fingerprint density at radius 3 is 1.71 bits per heavy atom. The van der Waals surface area contributed by atoms with Gasteiger partial charge in [0.1, 0.15) is 12.2 Å². The van der Waals surface area contributed by atoms with Gasteiger partial charge in [0.2, 0.25) is 5.91 Å². The third-order valence-electron chi connectivity index (χ3n) is 5.68. The Hall–Kier alpha value is -1.14. The minimum absolute atomic E-state index is 0.0346. The van der Waals surface area contributed by atoms with E-state index in [1.54, 1.807) is 0 Å². The van der Waals surface area contributed by atoms with E-state index in [1.165, 1.54) is 90.4 Å². The van der Waals surface area contributed by atoms with E-state index in [2.05, 4.69) is 12.2 Å². The fraction of sp³-hybridized carbons (Fsp3) is 0.920. The number of nitrogens with one attached hydrogen (secondary N) is 1. The molecule has 184 valence electrons. The molecule has 0 aromatic heterocycles. The third kappa shape index (κ3) is 20.5. The van der Waals surface area contributed by atoms with Crippen LogP contribution in [-0.4, -0.2) is 42.3 Å². The van der Waals surface area contributed by atoms with Crippen LogP contribution in [0.3, 0.4) is 0 Å². The summed E-state index contributed by atoms with van der Waals surface area (Å²) >= 11 is 0. The topological polar surface area (TPSA) is 102 Å². The van der Waals surface area contributed by atoms with Crippen LogP contribution in [0.1, 0.15) is 123 Å². The summed E-state index contributed by atoms with van der Waals surface area (Å²) in [5.74, 6) is -0.646. The Labute approximate surface area is 191 Å². The van der Waals surface area contributed by atoms with Crippen LogP contribution >= 0.6 is 0 Å². The molecule has 2 atom stereocenters. The number of aliphatic hydroxyl groups is 1. The third-order valence-corrected chi connectivity index (χ3v) is 5.68. The molecule has 0 heterocycles. The predicted octanol–water partition coefficient (Wildman–Crippen LogP) is 5.01. The molecule has 0 fully saturated rings. The van der Waals surface area contributed by atoms with Gasteiger partial charge in [-0.3, -0.25) is 4.79 Å². The lowest BCUT2D eigenvalue weighted by Crippen LogP contribution is -2.35. The molecule has 0 aliphatic rings. The zero-order valence-electron chi connectivity index (χ0n) is 20.3. The lowest BCUT2D eigenvalue weighted by Gasteiger charge is -2.17. The average Bonchev–Trinajstić information content (AvgIpc) is 2.75. The molecule has 0 saturated carbocycles. The minimum atomic E-state index is -1.16. The zero-order valence-corrected chi connectivity index (χ0v) is 20.3. The summed E-state index contributed by atoms with van der Waals surface area (Å²) < 4.78 is 5.07. The maximum absolute atomic E-state index is 11.9. The van der Waals surface area contributed by atoms with Crippen LogP contribution in [0.15, 0.2) is 0 Å². The number of unbranched alkanes of at least 4 members (excludes halogenated alkanes) is 14. The van der Waals surface area contributed by atoms with Crippen LogP contribution in [-0.2, 0) is 14.3 Å². The summed E-state index contributed by atoms with van der Waals surface area (Å²) in [6, 6.07) is 0. The molecule has 1 amide bonds. The fourth-order valence-electron chi connectivity index (χ4n) is 3.61. The van der Waals surface area contributed by atoms with Crippen LogP contribution in [0.2, 0.25) is 0 Å². The molecule has 4 N–H and O–H groups in total. The summed E-state index contributed by atoms with van der Waals surface area (Å²) in [5, 5.41) is 12.0. The average molecular weight is 443 g/mol. The highest BCUT2D eigenvalue weighted by molar-refractivity contribution is 5.75. The Kier molecular flexibility index (Phi) is 21.3. The van der Waals surface area contributed by atoms with E-state index in [0.29, 0.717) is 19.4 Å². The quantitative estimate of drug-likeness (QED) is 0.162. The standard InChI is InChI=1S/C25H50N2O4/c1-3-4-5-6-7-8-9-10-11-12-13-14-15-16-17-18-24(29)27-20-19-23(21-26)31-25(30)22(2)28/h22-23,28H,3-21,26H2,1-2H3,(H,27,29). The van der Waals surface area contributed by atoms with Gasteiger partial charge in [-0.15, -0.1) is 0 Å². The van der Waals surface area contributed by atoms with Crippen LogP contribution < -0.4 is 11.1 Å². The molecule has 0 aromatic rings. The normalized spacial score (nSPS) is 13.0. The van der Waals surface area contributed by atoms with Crippen molar-refractivity contribution in [1.82, 2.24) is 5.32 Å². The maximum Gasteiger partial charge on any atom is 0.334 e. The maximum atomic E-state index is 11.9. The van der Waals surface area contributed by atoms with Gasteiger partial charge < -0.3 is 20.9 Å². The Morgan fingerprint density at radius 2 is 1.29 bits per heavy atom. The molecule has 0 aliphatic carbocycles. The second-order valence-electron chi connectivity index (χ2n) is 8.81. The second kappa shape index (κ2) is 22.1. The van der Waals surface area contributed by atoms with Gasteiger partial charge in [0.05, 0.1) is 0 Å². The highest BCUT2D eigenvalue weighted by Crippen LogP contribution is 2.13. The molecule has 0 radical (unpaired) electrons. The number of hydrogen-bond donors (Lipinski definition) is 3. The first-order chi connectivity index (χ1) is 15.0. The number of carbonyl (C=O) groups is 2. The van der Waals surface area contributed by atoms with E-state index >= 15 is 0 Å². The Balaban J connectivity index is 3.40. The minimum Gasteiger partial charge on any atom is -0.459 e. The van der Waals surface area contributed by atoms with Crippen molar-refractivity contribution in [2.75, 3.05) is 13.1 Å². The first-order valence-electron chi connectivity index (χ1n) is 12.9. The molecule has 0 rings (SSSR count). The van der Waals surface area contributed by atoms with Gasteiger partial charge in [-0.05, 0) is 13.3 Å². The van der Waals surface area contributed by atoms with Crippen molar-refractivity contribution in [3.63, 3.8) is 0 Å². The van der Waals surface area contributed by atoms with E-state index in [0.717, 1.165) is 12.8 Å². The summed E-state index contributed by atoms with van der Waals surface area (Å²) in [7, 11) is 0. The van der Waals surface area contributed by atoms with Crippen molar-refractivity contribution in [1.29, 1.82) is 0 Å². The smallest absolute Gasteiger partial charge is 0.334 e. The van der Waals surface area contributed by atoms with Crippen molar-refractivity contribution in [3.05, 3.63) is 0 Å². The lowest BCUT2D eigenvalue weighted by molar-refractivity contribution is -0.157. The van der Waals surface area contributed by atoms with Gasteiger partial charge in [-0.25, -0.2) is 4.79 Å². The monoisotopic (exact) mass is 442 g/mol. The van der Waals surface area contributed by atoms with Crippen LogP contribution in [0.4, 0.5) is 0 Å². The molecular formula is C25H50N2O4. The molecular weight excluding hydrogens is 392 g/mol. The number of amides is 1. The van der Waals surface area contributed by atoms with Gasteiger partial charge in [0.25, 0.3) is 0 Å². The summed E-state index contributed by atoms with van der Waals surface area (Å²) in [6.45, 7) is 4.22. The lowest BCUT2D eigenvalue weighted by atomic mass is 10.0. The van der Waals surface area contributed by atoms with Crippen molar-refractivity contribution in [2.45, 2.75) is 135 Å². The van der Waals surface area contributed by atoms with Crippen LogP contribution in [0.5, 0.6) is 0 Å². The molecule has 0 saturated heterocycles. The number of ether oxygens (including phenoxy) is 1. The van der Waals surface area contributed by atoms with E-state index in [-0.39, 0.29) is 12.5 Å². The van der Waals surface area contributed by atoms with Crippen molar-refractivity contribution in [3.8, 4) is 0 Å². The first kappa shape index (κ1) is 29.9. The summed E-state index contributed by atoms with van der Waals surface area (Å²) in [5.41, 5.74) is 5.57. The van der Waals surface area contributed by atoms with Gasteiger partial charge in [0.15, 0.2) is 0 Å². The van der Waals surface area contributed by atoms with E-state index < -0.39 is 18.2 Å². The van der Waals surface area contributed by atoms with Gasteiger partial charge in [0, 0.05) is 25.9 Å². The molecule has 6 nitrogen and oxygen atoms in total. The summed E-state index contributed by atoms with van der Waals surface area (Å²) in [6.07, 6.45) is 19.0. The number of rotatable bonds is 22. The molecule has 0 aromatic carbocycles. The first-order valence-corrected chi connectivity index (χ1v) is 12.9. The van der Waals surface area contributed by atoms with Gasteiger partial charge in [-0.2, -0.15) is 0 Å². The molecule has 31 heavy (non-hydrogen) atoms. The highest BCUT2D eigenvalue weighted by atomic mass is 16.6. The largest absolute Gasteiger partial charge is 0.459 e. The van der Waals surface area contributed by atoms with E-state index in [9.17, 15) is 9.59 Å². The van der Waals surface area contributed by atoms with Gasteiger partial charge >= 0.3 is 5.97 Å². The molecule has 0 bridgehead atoms. The van der Waals surface area contributed by atoms with E-state index in [1.807, 2.05) is 0 Å². The highest BCUT2D eigenvalue weighted by Gasteiger charge is 2.16. The van der Waals surface area contributed by atoms with Crippen LogP contribution in [0.25, 0.3) is 0 Å². The van der Waals surface area contributed by atoms with Crippen molar-refractivity contribution in [2.24, 2.45) is 5.73 Å². The van der Waals surface area contributed by atoms with Crippen molar-refractivity contribution < 1.29 is 19.4 Å². The second-order valence-corrected chi connectivity index (χ2v) is 8.81. The van der Waals surface area contributed by atoms with Crippen molar-refractivity contribution >= 4 is 11.9 Å². The Morgan fingerprint density at radius 1 is 0.839 bits per heavy atom. The fourth-order valence-corrected chi connectivity index (χ4v) is 3.61. The number of aliphatic hydroxyl groups excluding tert-OH is 1. The number of nitrogens with two attached hydrogens (primary N) is 1. The number of esters is 1. The number of hydrogen-bond acceptors (Lipinski definition) is 5. The SMILES string of the molecule is CCCCCCCCCCCCCCCCCC(=O)NCCC(CN)OC(=O)C(C)O. The van der Waals surface area contributed by atoms with E-state index in [4.69, 9.17) is 15.6 Å². The number of carbonyl (C=O) groups excluding carboxylic acids is 2. The summed E-state index contributed by atoms with van der Waals surface area (Å²) in [4.78, 5) is 23.2. The molecule has 0 spiro atoms.